The highest BCUT2D eigenvalue weighted by Crippen LogP contribution is 2.26. The fraction of sp³-hybridized carbons (Fsp3) is 0.923. The molecule has 2 rings (SSSR count). The molecule has 0 aromatic carbocycles. The van der Waals surface area contributed by atoms with Crippen LogP contribution in [0.2, 0.25) is 0 Å². The van der Waals surface area contributed by atoms with Gasteiger partial charge in [-0.15, -0.1) is 0 Å². The molecule has 0 unspecified atom stereocenters. The molecule has 4 heteroatoms. The minimum atomic E-state index is 0.329. The van der Waals surface area contributed by atoms with Crippen LogP contribution in [0, 0.1) is 0 Å². The molecule has 17 heavy (non-hydrogen) atoms. The van der Waals surface area contributed by atoms with Gasteiger partial charge in [0, 0.05) is 31.7 Å². The Kier molecular flexibility index (Phi) is 4.40. The zero-order valence-electron chi connectivity index (χ0n) is 11.1. The Morgan fingerprint density at radius 2 is 1.94 bits per heavy atom. The maximum absolute atomic E-state index is 12.2. The van der Waals surface area contributed by atoms with E-state index in [0.717, 1.165) is 32.6 Å². The van der Waals surface area contributed by atoms with E-state index in [1.165, 1.54) is 12.8 Å². The highest BCUT2D eigenvalue weighted by molar-refractivity contribution is 5.79. The molecule has 1 saturated carbocycles. The molecule has 0 bridgehead atoms. The molecular weight excluding hydrogens is 214 g/mol. The van der Waals surface area contributed by atoms with E-state index >= 15 is 0 Å². The SMILES string of the molecule is CCCN(CC(=O)N(CC)C1CC1)C1CNC1. The molecular formula is C13H25N3O. The molecule has 0 radical (unpaired) electrons. The Morgan fingerprint density at radius 3 is 2.35 bits per heavy atom. The third-order valence-corrected chi connectivity index (χ3v) is 3.77. The predicted octanol–water partition coefficient (Wildman–Crippen LogP) is 0.681. The number of hydrogen-bond acceptors (Lipinski definition) is 3. The van der Waals surface area contributed by atoms with Crippen LogP contribution in [0.15, 0.2) is 0 Å². The summed E-state index contributed by atoms with van der Waals surface area (Å²) in [6.45, 7) is 8.89. The average molecular weight is 239 g/mol. The van der Waals surface area contributed by atoms with E-state index in [2.05, 4.69) is 29.0 Å². The molecule has 1 aliphatic heterocycles. The van der Waals surface area contributed by atoms with E-state index in [9.17, 15) is 4.79 Å². The van der Waals surface area contributed by atoms with Gasteiger partial charge >= 0.3 is 0 Å². The Labute approximate surface area is 104 Å². The van der Waals surface area contributed by atoms with Gasteiger partial charge < -0.3 is 10.2 Å². The number of hydrogen-bond donors (Lipinski definition) is 1. The summed E-state index contributed by atoms with van der Waals surface area (Å²) in [4.78, 5) is 16.7. The van der Waals surface area contributed by atoms with Gasteiger partial charge in [-0.2, -0.15) is 0 Å². The number of carbonyl (C=O) groups excluding carboxylic acids is 1. The molecule has 2 fully saturated rings. The molecule has 0 atom stereocenters. The minimum Gasteiger partial charge on any atom is -0.339 e. The first-order valence-corrected chi connectivity index (χ1v) is 7.00. The molecule has 1 N–H and O–H groups in total. The number of amides is 1. The van der Waals surface area contributed by atoms with E-state index in [1.807, 2.05) is 0 Å². The zero-order chi connectivity index (χ0) is 12.3. The number of likely N-dealkylation sites (N-methyl/N-ethyl adjacent to an activating group) is 1. The second-order valence-corrected chi connectivity index (χ2v) is 5.19. The molecule has 0 aromatic rings. The summed E-state index contributed by atoms with van der Waals surface area (Å²) < 4.78 is 0. The number of rotatable bonds is 7. The fourth-order valence-electron chi connectivity index (χ4n) is 2.50. The highest BCUT2D eigenvalue weighted by atomic mass is 16.2. The van der Waals surface area contributed by atoms with Gasteiger partial charge in [0.1, 0.15) is 0 Å². The van der Waals surface area contributed by atoms with E-state index < -0.39 is 0 Å². The van der Waals surface area contributed by atoms with Gasteiger partial charge in [0.15, 0.2) is 0 Å². The van der Waals surface area contributed by atoms with Gasteiger partial charge in [-0.05, 0) is 32.7 Å². The smallest absolute Gasteiger partial charge is 0.236 e. The molecule has 1 saturated heterocycles. The predicted molar refractivity (Wildman–Crippen MR) is 68.9 cm³/mol. The zero-order valence-corrected chi connectivity index (χ0v) is 11.1. The lowest BCUT2D eigenvalue weighted by atomic mass is 10.1. The first-order chi connectivity index (χ1) is 8.26. The van der Waals surface area contributed by atoms with Crippen molar-refractivity contribution in [2.75, 3.05) is 32.7 Å². The second kappa shape index (κ2) is 5.83. The van der Waals surface area contributed by atoms with Crippen LogP contribution in [0.5, 0.6) is 0 Å². The standard InChI is InChI=1S/C13H25N3O/c1-3-7-15(12-8-14-9-12)10-13(17)16(4-2)11-5-6-11/h11-12,14H,3-10H2,1-2H3. The summed E-state index contributed by atoms with van der Waals surface area (Å²) in [5.74, 6) is 0.329. The number of carbonyl (C=O) groups is 1. The van der Waals surface area contributed by atoms with Crippen molar-refractivity contribution in [1.29, 1.82) is 0 Å². The summed E-state index contributed by atoms with van der Waals surface area (Å²) in [7, 11) is 0. The molecule has 4 nitrogen and oxygen atoms in total. The lowest BCUT2D eigenvalue weighted by Gasteiger charge is -2.38. The quantitative estimate of drug-likeness (QED) is 0.710. The van der Waals surface area contributed by atoms with Crippen LogP contribution in [-0.2, 0) is 4.79 Å². The van der Waals surface area contributed by atoms with Gasteiger partial charge in [-0.3, -0.25) is 9.69 Å². The summed E-state index contributed by atoms with van der Waals surface area (Å²) in [5.41, 5.74) is 0. The Morgan fingerprint density at radius 1 is 1.24 bits per heavy atom. The van der Waals surface area contributed by atoms with Crippen LogP contribution in [0.25, 0.3) is 0 Å². The van der Waals surface area contributed by atoms with E-state index in [1.54, 1.807) is 0 Å². The molecule has 0 spiro atoms. The van der Waals surface area contributed by atoms with E-state index in [0.29, 0.717) is 24.5 Å². The first-order valence-electron chi connectivity index (χ1n) is 7.00. The van der Waals surface area contributed by atoms with Crippen molar-refractivity contribution in [3.05, 3.63) is 0 Å². The number of nitrogens with one attached hydrogen (secondary N) is 1. The maximum Gasteiger partial charge on any atom is 0.236 e. The van der Waals surface area contributed by atoms with Crippen LogP contribution < -0.4 is 5.32 Å². The van der Waals surface area contributed by atoms with Crippen molar-refractivity contribution in [1.82, 2.24) is 15.1 Å². The minimum absolute atomic E-state index is 0.329. The van der Waals surface area contributed by atoms with Crippen LogP contribution in [0.1, 0.15) is 33.1 Å². The largest absolute Gasteiger partial charge is 0.339 e. The molecule has 2 aliphatic rings. The third-order valence-electron chi connectivity index (χ3n) is 3.77. The summed E-state index contributed by atoms with van der Waals surface area (Å²) in [6.07, 6.45) is 3.54. The van der Waals surface area contributed by atoms with Crippen molar-refractivity contribution in [3.63, 3.8) is 0 Å². The van der Waals surface area contributed by atoms with E-state index in [4.69, 9.17) is 0 Å². The Hall–Kier alpha value is -0.610. The van der Waals surface area contributed by atoms with Crippen LogP contribution in [-0.4, -0.2) is 60.5 Å². The monoisotopic (exact) mass is 239 g/mol. The van der Waals surface area contributed by atoms with Crippen LogP contribution >= 0.6 is 0 Å². The van der Waals surface area contributed by atoms with Gasteiger partial charge in [-0.1, -0.05) is 6.92 Å². The average Bonchev–Trinajstić information content (AvgIpc) is 3.00. The lowest BCUT2D eigenvalue weighted by Crippen LogP contribution is -2.59. The molecule has 1 heterocycles. The van der Waals surface area contributed by atoms with Crippen LogP contribution in [0.3, 0.4) is 0 Å². The van der Waals surface area contributed by atoms with Crippen molar-refractivity contribution in [3.8, 4) is 0 Å². The molecule has 1 amide bonds. The summed E-state index contributed by atoms with van der Waals surface area (Å²) in [5, 5.41) is 3.29. The van der Waals surface area contributed by atoms with Crippen molar-refractivity contribution in [2.24, 2.45) is 0 Å². The maximum atomic E-state index is 12.2. The normalized spacial score (nSPS) is 20.4. The number of nitrogens with zero attached hydrogens (tertiary/aromatic N) is 2. The molecule has 98 valence electrons. The second-order valence-electron chi connectivity index (χ2n) is 5.19. The Balaban J connectivity index is 1.84. The fourth-order valence-corrected chi connectivity index (χ4v) is 2.50. The van der Waals surface area contributed by atoms with Gasteiger partial charge in [-0.25, -0.2) is 0 Å². The van der Waals surface area contributed by atoms with Gasteiger partial charge in [0.2, 0.25) is 5.91 Å². The van der Waals surface area contributed by atoms with E-state index in [-0.39, 0.29) is 0 Å². The van der Waals surface area contributed by atoms with Crippen molar-refractivity contribution < 1.29 is 4.79 Å². The van der Waals surface area contributed by atoms with Crippen molar-refractivity contribution in [2.45, 2.75) is 45.2 Å². The van der Waals surface area contributed by atoms with Gasteiger partial charge in [0.05, 0.1) is 6.54 Å². The third kappa shape index (κ3) is 3.19. The van der Waals surface area contributed by atoms with Crippen LogP contribution in [0.4, 0.5) is 0 Å². The topological polar surface area (TPSA) is 35.6 Å². The summed E-state index contributed by atoms with van der Waals surface area (Å²) >= 11 is 0. The summed E-state index contributed by atoms with van der Waals surface area (Å²) in [6, 6.07) is 1.13. The lowest BCUT2D eigenvalue weighted by molar-refractivity contribution is -0.133. The highest BCUT2D eigenvalue weighted by Gasteiger charge is 2.33. The first kappa shape index (κ1) is 12.8. The Bertz CT molecular complexity index is 261. The van der Waals surface area contributed by atoms with Crippen molar-refractivity contribution >= 4 is 5.91 Å². The molecule has 1 aliphatic carbocycles. The van der Waals surface area contributed by atoms with Gasteiger partial charge in [0.25, 0.3) is 0 Å². The molecule has 0 aromatic heterocycles.